The molecule has 0 unspecified atom stereocenters. The van der Waals surface area contributed by atoms with E-state index >= 15 is 0 Å². The van der Waals surface area contributed by atoms with Crippen LogP contribution in [0.2, 0.25) is 0 Å². The number of nitrogens with two attached hydrogens (primary N) is 1. The fraction of sp³-hybridized carbons (Fsp3) is 0.929. The second-order valence-electron chi connectivity index (χ2n) is 6.40. The number of nitrogens with zero attached hydrogens (tertiary/aromatic N) is 1. The van der Waals surface area contributed by atoms with E-state index in [1.54, 1.807) is 4.90 Å². The summed E-state index contributed by atoms with van der Waals surface area (Å²) in [5.41, 5.74) is 5.84. The van der Waals surface area contributed by atoms with Crippen LogP contribution in [-0.2, 0) is 4.79 Å². The Kier molecular flexibility index (Phi) is 4.33. The van der Waals surface area contributed by atoms with Crippen molar-refractivity contribution in [2.24, 2.45) is 17.6 Å². The van der Waals surface area contributed by atoms with Crippen LogP contribution in [0.25, 0.3) is 0 Å². The summed E-state index contributed by atoms with van der Waals surface area (Å²) in [6, 6.07) is 0. The maximum Gasteiger partial charge on any atom is 0.391 e. The van der Waals surface area contributed by atoms with E-state index < -0.39 is 12.1 Å². The zero-order valence-electron chi connectivity index (χ0n) is 11.9. The highest BCUT2D eigenvalue weighted by molar-refractivity contribution is 5.80. The number of carbonyl (C=O) groups excluding carboxylic acids is 1. The van der Waals surface area contributed by atoms with Crippen molar-refractivity contribution in [3.8, 4) is 0 Å². The van der Waals surface area contributed by atoms with Crippen molar-refractivity contribution in [2.45, 2.75) is 57.2 Å². The monoisotopic (exact) mass is 292 g/mol. The van der Waals surface area contributed by atoms with Gasteiger partial charge >= 0.3 is 6.18 Å². The smallest absolute Gasteiger partial charge is 0.339 e. The topological polar surface area (TPSA) is 46.3 Å². The first kappa shape index (κ1) is 15.6. The van der Waals surface area contributed by atoms with Crippen molar-refractivity contribution in [1.29, 1.82) is 0 Å². The molecular weight excluding hydrogens is 269 g/mol. The van der Waals surface area contributed by atoms with E-state index in [4.69, 9.17) is 5.73 Å². The Morgan fingerprint density at radius 2 is 1.80 bits per heavy atom. The minimum absolute atomic E-state index is 0.00259. The van der Waals surface area contributed by atoms with E-state index in [0.717, 1.165) is 12.8 Å². The molecular formula is C14H23F3N2O. The van der Waals surface area contributed by atoms with E-state index in [9.17, 15) is 18.0 Å². The Balaban J connectivity index is 1.79. The first-order chi connectivity index (χ1) is 9.25. The van der Waals surface area contributed by atoms with Gasteiger partial charge in [0, 0.05) is 19.0 Å². The van der Waals surface area contributed by atoms with Crippen LogP contribution >= 0.6 is 0 Å². The van der Waals surface area contributed by atoms with E-state index in [-0.39, 0.29) is 30.2 Å². The van der Waals surface area contributed by atoms with E-state index in [1.165, 1.54) is 0 Å². The highest BCUT2D eigenvalue weighted by atomic mass is 19.4. The van der Waals surface area contributed by atoms with Crippen LogP contribution in [0.4, 0.5) is 13.2 Å². The Morgan fingerprint density at radius 3 is 2.25 bits per heavy atom. The molecule has 2 aliphatic rings. The molecule has 0 aromatic carbocycles. The third-order valence-electron chi connectivity index (χ3n) is 4.61. The average molecular weight is 292 g/mol. The molecule has 0 radical (unpaired) electrons. The Bertz CT molecular complexity index is 356. The number of alkyl halides is 3. The highest BCUT2D eigenvalue weighted by Gasteiger charge is 2.46. The fourth-order valence-corrected chi connectivity index (χ4v) is 3.45. The third-order valence-corrected chi connectivity index (χ3v) is 4.61. The molecule has 3 nitrogen and oxygen atoms in total. The number of hydrogen-bond acceptors (Lipinski definition) is 2. The number of likely N-dealkylation sites (tertiary alicyclic amines) is 1. The van der Waals surface area contributed by atoms with Crippen LogP contribution in [0.3, 0.4) is 0 Å². The highest BCUT2D eigenvalue weighted by Crippen LogP contribution is 2.40. The third kappa shape index (κ3) is 3.27. The predicted molar refractivity (Wildman–Crippen MR) is 69.9 cm³/mol. The summed E-state index contributed by atoms with van der Waals surface area (Å²) in [5.74, 6) is -1.46. The number of rotatable bonds is 3. The fourth-order valence-electron chi connectivity index (χ4n) is 3.45. The summed E-state index contributed by atoms with van der Waals surface area (Å²) < 4.78 is 37.7. The lowest BCUT2D eigenvalue weighted by Crippen LogP contribution is -2.69. The zero-order chi connectivity index (χ0) is 15.0. The summed E-state index contributed by atoms with van der Waals surface area (Å²) in [6.45, 7) is 3.16. The Morgan fingerprint density at radius 1 is 1.25 bits per heavy atom. The molecule has 1 saturated carbocycles. The molecule has 1 amide bonds. The summed E-state index contributed by atoms with van der Waals surface area (Å²) >= 11 is 0. The van der Waals surface area contributed by atoms with Gasteiger partial charge in [-0.15, -0.1) is 0 Å². The molecule has 116 valence electrons. The average Bonchev–Trinajstić information content (AvgIpc) is 2.34. The van der Waals surface area contributed by atoms with Crippen molar-refractivity contribution in [2.75, 3.05) is 13.1 Å². The lowest BCUT2D eigenvalue weighted by atomic mass is 9.79. The van der Waals surface area contributed by atoms with Crippen molar-refractivity contribution >= 4 is 5.91 Å². The van der Waals surface area contributed by atoms with Crippen LogP contribution in [0.1, 0.15) is 45.4 Å². The van der Waals surface area contributed by atoms with Crippen LogP contribution in [-0.4, -0.2) is 35.6 Å². The summed E-state index contributed by atoms with van der Waals surface area (Å²) in [6.07, 6.45) is -1.38. The molecule has 2 N–H and O–H groups in total. The van der Waals surface area contributed by atoms with Gasteiger partial charge < -0.3 is 10.6 Å². The number of halogens is 3. The predicted octanol–water partition coefficient (Wildman–Crippen LogP) is 2.69. The molecule has 0 spiro atoms. The molecule has 1 heterocycles. The normalized spacial score (nSPS) is 29.9. The van der Waals surface area contributed by atoms with Gasteiger partial charge in [0.1, 0.15) is 0 Å². The molecule has 2 rings (SSSR count). The van der Waals surface area contributed by atoms with Gasteiger partial charge in [-0.1, -0.05) is 13.3 Å². The molecule has 0 bridgehead atoms. The maximum atomic E-state index is 12.6. The number of hydrogen-bond donors (Lipinski definition) is 1. The van der Waals surface area contributed by atoms with Gasteiger partial charge in [-0.3, -0.25) is 4.79 Å². The van der Waals surface area contributed by atoms with Crippen LogP contribution in [0.15, 0.2) is 0 Å². The minimum Gasteiger partial charge on any atom is -0.339 e. The minimum atomic E-state index is -4.11. The van der Waals surface area contributed by atoms with Gasteiger partial charge in [0.05, 0.1) is 11.5 Å². The lowest BCUT2D eigenvalue weighted by molar-refractivity contribution is -0.186. The molecule has 1 aliphatic carbocycles. The number of amides is 1. The standard InChI is InChI=1S/C14H23F3N2O/c1-2-7-13(18)8-19(9-13)12(20)10-3-5-11(6-4-10)14(15,16)17/h10-11H,2-9,18H2,1H3. The van der Waals surface area contributed by atoms with Gasteiger partial charge in [0.25, 0.3) is 0 Å². The van der Waals surface area contributed by atoms with Crippen molar-refractivity contribution in [1.82, 2.24) is 4.90 Å². The van der Waals surface area contributed by atoms with Gasteiger partial charge in [-0.2, -0.15) is 13.2 Å². The molecule has 6 heteroatoms. The zero-order valence-corrected chi connectivity index (χ0v) is 11.9. The molecule has 1 saturated heterocycles. The number of carbonyl (C=O) groups is 1. The van der Waals surface area contributed by atoms with Crippen LogP contribution in [0.5, 0.6) is 0 Å². The SMILES string of the molecule is CCCC1(N)CN(C(=O)C2CCC(C(F)(F)F)CC2)C1. The molecule has 0 aromatic heterocycles. The molecule has 0 aromatic rings. The molecule has 2 fully saturated rings. The first-order valence-electron chi connectivity index (χ1n) is 7.39. The van der Waals surface area contributed by atoms with Gasteiger partial charge in [0.15, 0.2) is 0 Å². The lowest BCUT2D eigenvalue weighted by Gasteiger charge is -2.49. The summed E-state index contributed by atoms with van der Waals surface area (Å²) in [7, 11) is 0. The maximum absolute atomic E-state index is 12.6. The second kappa shape index (κ2) is 5.54. The van der Waals surface area contributed by atoms with Gasteiger partial charge in [-0.05, 0) is 32.1 Å². The second-order valence-corrected chi connectivity index (χ2v) is 6.40. The van der Waals surface area contributed by atoms with Gasteiger partial charge in [0.2, 0.25) is 5.91 Å². The Labute approximate surface area is 117 Å². The van der Waals surface area contributed by atoms with Gasteiger partial charge in [-0.25, -0.2) is 0 Å². The van der Waals surface area contributed by atoms with Crippen LogP contribution in [0, 0.1) is 11.8 Å². The van der Waals surface area contributed by atoms with E-state index in [0.29, 0.717) is 25.9 Å². The largest absolute Gasteiger partial charge is 0.391 e. The van der Waals surface area contributed by atoms with E-state index in [2.05, 4.69) is 6.92 Å². The quantitative estimate of drug-likeness (QED) is 0.869. The summed E-state index contributed by atoms with van der Waals surface area (Å²) in [5, 5.41) is 0. The van der Waals surface area contributed by atoms with E-state index in [1.807, 2.05) is 0 Å². The molecule has 20 heavy (non-hydrogen) atoms. The van der Waals surface area contributed by atoms with Crippen molar-refractivity contribution < 1.29 is 18.0 Å². The van der Waals surface area contributed by atoms with Crippen molar-refractivity contribution in [3.05, 3.63) is 0 Å². The molecule has 1 aliphatic heterocycles. The Hall–Kier alpha value is -0.780. The molecule has 0 atom stereocenters. The first-order valence-corrected chi connectivity index (χ1v) is 7.39. The van der Waals surface area contributed by atoms with Crippen LogP contribution < -0.4 is 5.73 Å². The summed E-state index contributed by atoms with van der Waals surface area (Å²) in [4.78, 5) is 13.9. The van der Waals surface area contributed by atoms with Crippen molar-refractivity contribution in [3.63, 3.8) is 0 Å².